The quantitative estimate of drug-likeness (QED) is 0.302. The summed E-state index contributed by atoms with van der Waals surface area (Å²) >= 11 is 0. The van der Waals surface area contributed by atoms with Crippen molar-refractivity contribution in [2.24, 2.45) is 0 Å². The van der Waals surface area contributed by atoms with Crippen LogP contribution in [0, 0.1) is 0 Å². The predicted octanol–water partition coefficient (Wildman–Crippen LogP) is 4.36. The van der Waals surface area contributed by atoms with Gasteiger partial charge in [0.05, 0.1) is 0 Å². The van der Waals surface area contributed by atoms with Crippen molar-refractivity contribution < 1.29 is 14.3 Å². The molecule has 25 heavy (non-hydrogen) atoms. The minimum atomic E-state index is -0.851. The molecule has 0 fully saturated rings. The molecule has 3 nitrogen and oxygen atoms in total. The van der Waals surface area contributed by atoms with Crippen molar-refractivity contribution in [3.63, 3.8) is 0 Å². The fourth-order valence-electron chi connectivity index (χ4n) is 2.78. The largest absolute Gasteiger partial charge is 0.421 e. The Morgan fingerprint density at radius 3 is 1.56 bits per heavy atom. The summed E-state index contributed by atoms with van der Waals surface area (Å²) in [4.78, 5) is 22.4. The first kappa shape index (κ1) is 16.7. The maximum atomic E-state index is 11.4. The fourth-order valence-corrected chi connectivity index (χ4v) is 2.78. The maximum Gasteiger partial charge on any atom is 0.379 e. The monoisotopic (exact) mass is 330 g/mol. The molecule has 0 spiro atoms. The van der Waals surface area contributed by atoms with Crippen LogP contribution < -0.4 is 4.74 Å². The van der Waals surface area contributed by atoms with Gasteiger partial charge < -0.3 is 4.74 Å². The first-order chi connectivity index (χ1) is 12.1. The van der Waals surface area contributed by atoms with E-state index in [0.717, 1.165) is 5.56 Å². The number of ether oxygens (including phenoxy) is 1. The van der Waals surface area contributed by atoms with E-state index in [4.69, 9.17) is 4.74 Å². The van der Waals surface area contributed by atoms with Crippen molar-refractivity contribution in [2.45, 2.75) is 12.8 Å². The molecule has 0 unspecified atom stereocenters. The van der Waals surface area contributed by atoms with Crippen LogP contribution in [0.25, 0.3) is 0 Å². The standard InChI is InChI=1S/C22H18O3/c1-16(23)22(24)25-20-14-12-19(13-15-20)21(17-8-4-2-5-9-17)18-10-6-3-7-11-18/h2-15,21H,1H3. The van der Waals surface area contributed by atoms with Gasteiger partial charge in [-0.3, -0.25) is 4.79 Å². The van der Waals surface area contributed by atoms with E-state index < -0.39 is 11.8 Å². The smallest absolute Gasteiger partial charge is 0.379 e. The molecule has 0 aliphatic carbocycles. The highest BCUT2D eigenvalue weighted by atomic mass is 16.5. The summed E-state index contributed by atoms with van der Waals surface area (Å²) in [6.45, 7) is 1.19. The summed E-state index contributed by atoms with van der Waals surface area (Å²) in [6, 6.07) is 27.8. The van der Waals surface area contributed by atoms with Crippen molar-refractivity contribution >= 4 is 11.8 Å². The minimum Gasteiger partial charge on any atom is -0.421 e. The van der Waals surface area contributed by atoms with Crippen molar-refractivity contribution in [3.8, 4) is 5.75 Å². The van der Waals surface area contributed by atoms with Crippen molar-refractivity contribution in [1.29, 1.82) is 0 Å². The van der Waals surface area contributed by atoms with Crippen molar-refractivity contribution in [2.75, 3.05) is 0 Å². The van der Waals surface area contributed by atoms with Gasteiger partial charge >= 0.3 is 5.97 Å². The van der Waals surface area contributed by atoms with E-state index in [1.807, 2.05) is 48.5 Å². The van der Waals surface area contributed by atoms with Crippen LogP contribution in [-0.2, 0) is 9.59 Å². The zero-order valence-electron chi connectivity index (χ0n) is 13.9. The van der Waals surface area contributed by atoms with Gasteiger partial charge in [0.1, 0.15) is 5.75 Å². The molecule has 0 saturated carbocycles. The lowest BCUT2D eigenvalue weighted by atomic mass is 9.85. The van der Waals surface area contributed by atoms with E-state index in [1.165, 1.54) is 18.1 Å². The molecule has 3 aromatic carbocycles. The zero-order chi connectivity index (χ0) is 17.6. The molecule has 0 N–H and O–H groups in total. The lowest BCUT2D eigenvalue weighted by molar-refractivity contribution is -0.146. The first-order valence-corrected chi connectivity index (χ1v) is 8.08. The number of ketones is 1. The Balaban J connectivity index is 1.94. The number of carbonyl (C=O) groups is 2. The molecule has 3 rings (SSSR count). The third kappa shape index (κ3) is 4.01. The topological polar surface area (TPSA) is 43.4 Å². The van der Waals surface area contributed by atoms with Gasteiger partial charge in [0, 0.05) is 12.8 Å². The lowest BCUT2D eigenvalue weighted by Gasteiger charge is -2.19. The Morgan fingerprint density at radius 1 is 0.680 bits per heavy atom. The zero-order valence-corrected chi connectivity index (χ0v) is 13.9. The number of rotatable bonds is 5. The Hall–Kier alpha value is -3.20. The van der Waals surface area contributed by atoms with Crippen LogP contribution in [0.3, 0.4) is 0 Å². The van der Waals surface area contributed by atoms with Gasteiger partial charge in [-0.25, -0.2) is 4.79 Å². The second-order valence-corrected chi connectivity index (χ2v) is 5.77. The number of esters is 1. The second kappa shape index (κ2) is 7.58. The van der Waals surface area contributed by atoms with E-state index in [-0.39, 0.29) is 5.92 Å². The summed E-state index contributed by atoms with van der Waals surface area (Å²) in [5, 5.41) is 0. The summed E-state index contributed by atoms with van der Waals surface area (Å²) in [5.74, 6) is -1.02. The van der Waals surface area contributed by atoms with Gasteiger partial charge in [-0.2, -0.15) is 0 Å². The summed E-state index contributed by atoms with van der Waals surface area (Å²) in [5.41, 5.74) is 3.45. The third-order valence-electron chi connectivity index (χ3n) is 3.98. The molecule has 0 atom stereocenters. The Morgan fingerprint density at radius 2 is 1.12 bits per heavy atom. The first-order valence-electron chi connectivity index (χ1n) is 8.08. The highest BCUT2D eigenvalue weighted by molar-refractivity contribution is 6.33. The van der Waals surface area contributed by atoms with Gasteiger partial charge in [-0.15, -0.1) is 0 Å². The predicted molar refractivity (Wildman–Crippen MR) is 96.6 cm³/mol. The molecule has 0 radical (unpaired) electrons. The molecule has 124 valence electrons. The van der Waals surface area contributed by atoms with Crippen LogP contribution in [0.15, 0.2) is 84.9 Å². The molecule has 0 bridgehead atoms. The van der Waals surface area contributed by atoms with Crippen LogP contribution in [0.2, 0.25) is 0 Å². The molecule has 0 heterocycles. The molecular formula is C22H18O3. The van der Waals surface area contributed by atoms with E-state index in [9.17, 15) is 9.59 Å². The Labute approximate surface area is 146 Å². The molecule has 3 aromatic rings. The molecule has 0 aliphatic rings. The summed E-state index contributed by atoms with van der Waals surface area (Å²) in [6.07, 6.45) is 0. The highest BCUT2D eigenvalue weighted by Crippen LogP contribution is 2.32. The number of benzene rings is 3. The molecule has 0 aromatic heterocycles. The van der Waals surface area contributed by atoms with Crippen LogP contribution >= 0.6 is 0 Å². The van der Waals surface area contributed by atoms with Crippen LogP contribution in [0.4, 0.5) is 0 Å². The van der Waals surface area contributed by atoms with Crippen molar-refractivity contribution in [1.82, 2.24) is 0 Å². The van der Waals surface area contributed by atoms with E-state index >= 15 is 0 Å². The Bertz CT molecular complexity index is 813. The molecule has 0 saturated heterocycles. The van der Waals surface area contributed by atoms with Gasteiger partial charge in [0.15, 0.2) is 0 Å². The molecule has 0 amide bonds. The number of hydrogen-bond acceptors (Lipinski definition) is 3. The Kier molecular flexibility index (Phi) is 5.05. The fraction of sp³-hybridized carbons (Fsp3) is 0.0909. The number of hydrogen-bond donors (Lipinski definition) is 0. The number of Topliss-reactive ketones (excluding diaryl/α,β-unsaturated/α-hetero) is 1. The van der Waals surface area contributed by atoms with E-state index in [1.54, 1.807) is 12.1 Å². The van der Waals surface area contributed by atoms with Gasteiger partial charge in [-0.1, -0.05) is 72.8 Å². The van der Waals surface area contributed by atoms with Crippen LogP contribution in [0.1, 0.15) is 29.5 Å². The minimum absolute atomic E-state index is 0.0833. The van der Waals surface area contributed by atoms with Crippen LogP contribution in [-0.4, -0.2) is 11.8 Å². The van der Waals surface area contributed by atoms with E-state index in [0.29, 0.717) is 5.75 Å². The SMILES string of the molecule is CC(=O)C(=O)Oc1ccc(C(c2ccccc2)c2ccccc2)cc1. The summed E-state index contributed by atoms with van der Waals surface area (Å²) < 4.78 is 5.03. The average molecular weight is 330 g/mol. The number of carbonyl (C=O) groups excluding carboxylic acids is 2. The van der Waals surface area contributed by atoms with Crippen LogP contribution in [0.5, 0.6) is 5.75 Å². The maximum absolute atomic E-state index is 11.4. The van der Waals surface area contributed by atoms with Gasteiger partial charge in [-0.05, 0) is 28.8 Å². The average Bonchev–Trinajstić information content (AvgIpc) is 2.65. The second-order valence-electron chi connectivity index (χ2n) is 5.77. The lowest BCUT2D eigenvalue weighted by Crippen LogP contribution is -2.16. The molecule has 0 aliphatic heterocycles. The van der Waals surface area contributed by atoms with Gasteiger partial charge in [0.25, 0.3) is 0 Å². The third-order valence-corrected chi connectivity index (χ3v) is 3.98. The highest BCUT2D eigenvalue weighted by Gasteiger charge is 2.17. The van der Waals surface area contributed by atoms with E-state index in [2.05, 4.69) is 24.3 Å². The molecule has 3 heteroatoms. The summed E-state index contributed by atoms with van der Waals surface area (Å²) in [7, 11) is 0. The normalized spacial score (nSPS) is 10.5. The molecular weight excluding hydrogens is 312 g/mol. The van der Waals surface area contributed by atoms with Crippen molar-refractivity contribution in [3.05, 3.63) is 102 Å². The van der Waals surface area contributed by atoms with Gasteiger partial charge in [0.2, 0.25) is 5.78 Å².